The molecule has 0 radical (unpaired) electrons. The second-order valence-electron chi connectivity index (χ2n) is 9.22. The molecule has 2 amide bonds. The van der Waals surface area contributed by atoms with Gasteiger partial charge in [0.2, 0.25) is 0 Å². The minimum atomic E-state index is -0.446. The smallest absolute Gasteiger partial charge is 0.305 e. The fourth-order valence-corrected chi connectivity index (χ4v) is 4.13. The van der Waals surface area contributed by atoms with Gasteiger partial charge < -0.3 is 14.0 Å². The van der Waals surface area contributed by atoms with E-state index in [9.17, 15) is 20.0 Å². The van der Waals surface area contributed by atoms with Gasteiger partial charge in [-0.15, -0.1) is 0 Å². The Kier molecular flexibility index (Phi) is 8.34. The van der Waals surface area contributed by atoms with Crippen molar-refractivity contribution < 1.29 is 34.0 Å². The molecule has 1 aliphatic heterocycles. The molecule has 0 spiro atoms. The molecule has 35 heavy (non-hydrogen) atoms. The van der Waals surface area contributed by atoms with Crippen LogP contribution >= 0.6 is 0 Å². The number of hydrogen-bond acceptors (Lipinski definition) is 7. The van der Waals surface area contributed by atoms with Crippen LogP contribution in [0.1, 0.15) is 11.1 Å². The largest absolute Gasteiger partial charge is 0.496 e. The molecule has 0 unspecified atom stereocenters. The second kappa shape index (κ2) is 11.0. The molecule has 10 heteroatoms. The molecule has 0 aliphatic carbocycles. The summed E-state index contributed by atoms with van der Waals surface area (Å²) in [6, 6.07) is 10.1. The Bertz CT molecular complexity index is 1070. The van der Waals surface area contributed by atoms with Gasteiger partial charge in [0, 0.05) is 25.2 Å². The van der Waals surface area contributed by atoms with Crippen molar-refractivity contribution in [2.24, 2.45) is 0 Å². The summed E-state index contributed by atoms with van der Waals surface area (Å²) in [5.74, 6) is 0.317. The highest BCUT2D eigenvalue weighted by Crippen LogP contribution is 2.26. The van der Waals surface area contributed by atoms with Crippen LogP contribution in [0.25, 0.3) is 0 Å². The first kappa shape index (κ1) is 26.4. The number of carbonyl (C=O) groups is 2. The minimum absolute atomic E-state index is 0.0515. The molecule has 1 fully saturated rings. The van der Waals surface area contributed by atoms with Crippen LogP contribution in [0.5, 0.6) is 11.5 Å². The Morgan fingerprint density at radius 1 is 0.886 bits per heavy atom. The van der Waals surface area contributed by atoms with Crippen LogP contribution in [-0.4, -0.2) is 92.1 Å². The molecule has 0 atom stereocenters. The first-order chi connectivity index (χ1) is 16.6. The van der Waals surface area contributed by atoms with E-state index in [0.29, 0.717) is 63.7 Å². The molecule has 2 N–H and O–H groups in total. The molecule has 2 aromatic rings. The second-order valence-corrected chi connectivity index (χ2v) is 9.22. The number of hydrogen-bond donors (Lipinski definition) is 2. The van der Waals surface area contributed by atoms with Gasteiger partial charge in [0.1, 0.15) is 11.5 Å². The van der Waals surface area contributed by atoms with E-state index in [-0.39, 0.29) is 13.1 Å². The highest BCUT2D eigenvalue weighted by molar-refractivity contribution is 5.93. The van der Waals surface area contributed by atoms with Crippen molar-refractivity contribution >= 4 is 23.2 Å². The molecule has 1 heterocycles. The maximum Gasteiger partial charge on any atom is 0.305 e. The predicted octanol–water partition coefficient (Wildman–Crippen LogP) is 2.23. The fourth-order valence-electron chi connectivity index (χ4n) is 4.13. The van der Waals surface area contributed by atoms with E-state index in [1.54, 1.807) is 43.5 Å². The summed E-state index contributed by atoms with van der Waals surface area (Å²) in [4.78, 5) is 27.4. The van der Waals surface area contributed by atoms with Gasteiger partial charge in [0.25, 0.3) is 5.91 Å². The first-order valence-electron chi connectivity index (χ1n) is 11.5. The van der Waals surface area contributed by atoms with Crippen LogP contribution in [-0.2, 0) is 9.59 Å². The number of rotatable bonds is 8. The molecule has 0 saturated carbocycles. The van der Waals surface area contributed by atoms with Gasteiger partial charge in [0.15, 0.2) is 6.54 Å². The Labute approximate surface area is 206 Å². The lowest BCUT2D eigenvalue weighted by atomic mass is 10.2. The monoisotopic (exact) mass is 487 g/mol. The zero-order valence-corrected chi connectivity index (χ0v) is 21.0. The zero-order chi connectivity index (χ0) is 25.8. The number of methoxy groups -OCH3 is 2. The standard InChI is InChI=1S/C25H35N4O6/c1-18-6-8-20(14-22(18)34-4)27(32)24(30)16-26-10-12-29(3,13-11-26)17-25(31)28(33)21-9-7-19(2)23(15-21)35-5/h6-9,14-15,32-33H,10-13,16-17H2,1-5H3/q+1. The summed E-state index contributed by atoms with van der Waals surface area (Å²) in [6.45, 7) is 6.32. The molecule has 3 rings (SSSR count). The molecule has 0 bridgehead atoms. The van der Waals surface area contributed by atoms with Crippen molar-refractivity contribution in [1.29, 1.82) is 0 Å². The van der Waals surface area contributed by atoms with E-state index in [0.717, 1.165) is 11.1 Å². The quantitative estimate of drug-likeness (QED) is 0.334. The topological polar surface area (TPSA) is 103 Å². The third-order valence-electron chi connectivity index (χ3n) is 6.53. The SMILES string of the molecule is COc1cc(N(O)C(=O)CN2CC[N+](C)(CC(=O)N(O)c3ccc(C)c(OC)c3)CC2)ccc1C. The fraction of sp³-hybridized carbons (Fsp3) is 0.440. The first-order valence-corrected chi connectivity index (χ1v) is 11.5. The number of aryl methyl sites for hydroxylation is 2. The van der Waals surface area contributed by atoms with E-state index in [2.05, 4.69) is 0 Å². The molecular formula is C25H35N4O6+. The number of hydroxylamine groups is 2. The lowest BCUT2D eigenvalue weighted by Gasteiger charge is -2.41. The summed E-state index contributed by atoms with van der Waals surface area (Å²) < 4.78 is 11.0. The summed E-state index contributed by atoms with van der Waals surface area (Å²) in [5, 5.41) is 22.2. The molecular weight excluding hydrogens is 452 g/mol. The van der Waals surface area contributed by atoms with Crippen molar-refractivity contribution in [1.82, 2.24) is 4.90 Å². The number of anilines is 2. The third-order valence-corrected chi connectivity index (χ3v) is 6.53. The number of benzene rings is 2. The van der Waals surface area contributed by atoms with Crippen molar-refractivity contribution in [2.45, 2.75) is 13.8 Å². The summed E-state index contributed by atoms with van der Waals surface area (Å²) in [7, 11) is 5.04. The predicted molar refractivity (Wildman–Crippen MR) is 131 cm³/mol. The summed E-state index contributed by atoms with van der Waals surface area (Å²) in [5.41, 5.74) is 2.51. The number of ether oxygens (including phenoxy) is 2. The average Bonchev–Trinajstić information content (AvgIpc) is 2.85. The number of piperazine rings is 1. The van der Waals surface area contributed by atoms with Gasteiger partial charge in [-0.25, -0.2) is 0 Å². The van der Waals surface area contributed by atoms with Gasteiger partial charge in [-0.05, 0) is 37.1 Å². The highest BCUT2D eigenvalue weighted by atomic mass is 16.5. The molecule has 2 aromatic carbocycles. The van der Waals surface area contributed by atoms with Crippen molar-refractivity contribution in [3.05, 3.63) is 47.5 Å². The number of carbonyl (C=O) groups excluding carboxylic acids is 2. The number of quaternary nitrogens is 1. The number of likely N-dealkylation sites (N-methyl/N-ethyl adjacent to an activating group) is 1. The van der Waals surface area contributed by atoms with Crippen LogP contribution < -0.4 is 19.6 Å². The van der Waals surface area contributed by atoms with E-state index in [4.69, 9.17) is 9.47 Å². The van der Waals surface area contributed by atoms with Crippen LogP contribution in [0.2, 0.25) is 0 Å². The van der Waals surface area contributed by atoms with Crippen molar-refractivity contribution in [3.8, 4) is 11.5 Å². The minimum Gasteiger partial charge on any atom is -0.496 e. The number of amides is 2. The van der Waals surface area contributed by atoms with E-state index < -0.39 is 11.8 Å². The van der Waals surface area contributed by atoms with E-state index in [1.807, 2.05) is 25.8 Å². The van der Waals surface area contributed by atoms with Gasteiger partial charge >= 0.3 is 5.91 Å². The van der Waals surface area contributed by atoms with E-state index >= 15 is 0 Å². The van der Waals surface area contributed by atoms with Gasteiger partial charge in [-0.2, -0.15) is 10.1 Å². The van der Waals surface area contributed by atoms with Crippen molar-refractivity contribution in [3.63, 3.8) is 0 Å². The Balaban J connectivity index is 1.54. The maximum atomic E-state index is 12.8. The van der Waals surface area contributed by atoms with Gasteiger partial charge in [0.05, 0.1) is 52.3 Å². The Hall–Kier alpha value is -3.18. The lowest BCUT2D eigenvalue weighted by Crippen LogP contribution is -2.61. The normalized spacial score (nSPS) is 15.4. The lowest BCUT2D eigenvalue weighted by molar-refractivity contribution is -0.906. The molecule has 10 nitrogen and oxygen atoms in total. The van der Waals surface area contributed by atoms with Crippen molar-refractivity contribution in [2.75, 3.05) is 70.7 Å². The number of nitrogens with zero attached hydrogens (tertiary/aromatic N) is 4. The summed E-state index contributed by atoms with van der Waals surface area (Å²) >= 11 is 0. The van der Waals surface area contributed by atoms with E-state index in [1.165, 1.54) is 7.11 Å². The van der Waals surface area contributed by atoms with Gasteiger partial charge in [-0.3, -0.25) is 24.9 Å². The van der Waals surface area contributed by atoms with Gasteiger partial charge in [-0.1, -0.05) is 12.1 Å². The molecule has 0 aromatic heterocycles. The zero-order valence-electron chi connectivity index (χ0n) is 21.0. The molecule has 190 valence electrons. The molecule has 1 aliphatic rings. The summed E-state index contributed by atoms with van der Waals surface area (Å²) in [6.07, 6.45) is 0. The molecule has 1 saturated heterocycles. The van der Waals surface area contributed by atoms with Crippen LogP contribution in [0, 0.1) is 13.8 Å². The Morgan fingerprint density at radius 3 is 1.80 bits per heavy atom. The average molecular weight is 488 g/mol. The van der Waals surface area contributed by atoms with Crippen LogP contribution in [0.4, 0.5) is 11.4 Å². The maximum absolute atomic E-state index is 12.8. The van der Waals surface area contributed by atoms with Crippen LogP contribution in [0.15, 0.2) is 36.4 Å². The van der Waals surface area contributed by atoms with Crippen LogP contribution in [0.3, 0.4) is 0 Å². The highest BCUT2D eigenvalue weighted by Gasteiger charge is 2.34. The Morgan fingerprint density at radius 2 is 1.34 bits per heavy atom. The third kappa shape index (κ3) is 6.29.